The number of carboxylic acid groups (broad SMARTS) is 4. The Hall–Kier alpha value is -3.71. The molecule has 0 heterocycles. The van der Waals surface area contributed by atoms with Crippen molar-refractivity contribution in [3.63, 3.8) is 0 Å². The molecular formula is C14H19N3O11. The van der Waals surface area contributed by atoms with Gasteiger partial charge in [-0.1, -0.05) is 0 Å². The first-order chi connectivity index (χ1) is 12.8. The van der Waals surface area contributed by atoms with E-state index in [1.807, 2.05) is 0 Å². The van der Waals surface area contributed by atoms with Crippen LogP contribution in [0, 0.1) is 0 Å². The number of carbonyl (C=O) groups is 7. The van der Waals surface area contributed by atoms with Crippen LogP contribution in [0.25, 0.3) is 0 Å². The summed E-state index contributed by atoms with van der Waals surface area (Å²) in [4.78, 5) is 80.4. The summed E-state index contributed by atoms with van der Waals surface area (Å²) >= 11 is 0. The van der Waals surface area contributed by atoms with E-state index < -0.39 is 80.9 Å². The molecule has 0 aromatic rings. The highest BCUT2D eigenvalue weighted by molar-refractivity contribution is 5.92. The standard InChI is InChI=1S/C14H19N3O11/c1-8(18)15(2-9(19)16(4-11(21)22)5-12(23)24)3-10(20)17(6-13(25)26)7-14(27)28/h2-7H2,1H3,(H,21,22)(H,23,24)(H,25,26)(H,27,28). The number of amides is 3. The van der Waals surface area contributed by atoms with Crippen LogP contribution in [-0.4, -0.2) is 116 Å². The van der Waals surface area contributed by atoms with Crippen molar-refractivity contribution in [1.29, 1.82) is 0 Å². The molecule has 156 valence electrons. The Morgan fingerprint density at radius 1 is 0.500 bits per heavy atom. The van der Waals surface area contributed by atoms with Gasteiger partial charge in [0.1, 0.15) is 39.3 Å². The van der Waals surface area contributed by atoms with Crippen molar-refractivity contribution in [2.24, 2.45) is 0 Å². The minimum atomic E-state index is -1.51. The highest BCUT2D eigenvalue weighted by Gasteiger charge is 2.27. The first kappa shape index (κ1) is 24.3. The summed E-state index contributed by atoms with van der Waals surface area (Å²) in [5, 5.41) is 34.9. The summed E-state index contributed by atoms with van der Waals surface area (Å²) in [6.07, 6.45) is 0. The lowest BCUT2D eigenvalue weighted by atomic mass is 10.3. The lowest BCUT2D eigenvalue weighted by Crippen LogP contribution is -2.50. The van der Waals surface area contributed by atoms with Gasteiger partial charge in [0.05, 0.1) is 0 Å². The Bertz CT molecular complexity index is 593. The fourth-order valence-corrected chi connectivity index (χ4v) is 1.92. The second-order valence-electron chi connectivity index (χ2n) is 5.45. The molecule has 0 saturated carbocycles. The predicted molar refractivity (Wildman–Crippen MR) is 86.0 cm³/mol. The van der Waals surface area contributed by atoms with E-state index in [1.54, 1.807) is 0 Å². The van der Waals surface area contributed by atoms with Gasteiger partial charge in [-0.25, -0.2) is 0 Å². The van der Waals surface area contributed by atoms with E-state index in [-0.39, 0.29) is 0 Å². The molecule has 0 radical (unpaired) electrons. The Labute approximate surface area is 157 Å². The van der Waals surface area contributed by atoms with Crippen LogP contribution < -0.4 is 0 Å². The molecule has 0 fully saturated rings. The van der Waals surface area contributed by atoms with Crippen molar-refractivity contribution in [2.75, 3.05) is 39.3 Å². The minimum Gasteiger partial charge on any atom is -0.480 e. The van der Waals surface area contributed by atoms with E-state index in [4.69, 9.17) is 20.4 Å². The van der Waals surface area contributed by atoms with Gasteiger partial charge in [-0.3, -0.25) is 33.6 Å². The van der Waals surface area contributed by atoms with E-state index in [0.717, 1.165) is 6.92 Å². The third kappa shape index (κ3) is 9.69. The number of hydrogen-bond donors (Lipinski definition) is 4. The van der Waals surface area contributed by atoms with Crippen molar-refractivity contribution >= 4 is 41.6 Å². The zero-order valence-corrected chi connectivity index (χ0v) is 14.7. The fraction of sp³-hybridized carbons (Fsp3) is 0.500. The third-order valence-corrected chi connectivity index (χ3v) is 3.11. The van der Waals surface area contributed by atoms with E-state index in [0.29, 0.717) is 14.7 Å². The monoisotopic (exact) mass is 405 g/mol. The maximum absolute atomic E-state index is 12.1. The summed E-state index contributed by atoms with van der Waals surface area (Å²) in [6.45, 7) is -4.63. The van der Waals surface area contributed by atoms with E-state index in [9.17, 15) is 33.6 Å². The first-order valence-electron chi connectivity index (χ1n) is 7.51. The molecule has 0 aliphatic heterocycles. The van der Waals surface area contributed by atoms with Crippen LogP contribution in [0.3, 0.4) is 0 Å². The molecule has 0 saturated heterocycles. The van der Waals surface area contributed by atoms with Gasteiger partial charge in [0.15, 0.2) is 0 Å². The summed E-state index contributed by atoms with van der Waals surface area (Å²) in [5.74, 6) is -9.03. The molecule has 0 aliphatic rings. The lowest BCUT2D eigenvalue weighted by molar-refractivity contribution is -0.153. The number of rotatable bonds is 12. The predicted octanol–water partition coefficient (Wildman–Crippen LogP) is -3.17. The molecule has 0 aliphatic carbocycles. The highest BCUT2D eigenvalue weighted by Crippen LogP contribution is 2.00. The van der Waals surface area contributed by atoms with Crippen LogP contribution in [0.5, 0.6) is 0 Å². The van der Waals surface area contributed by atoms with Gasteiger partial charge in [-0.15, -0.1) is 0 Å². The Morgan fingerprint density at radius 3 is 0.929 bits per heavy atom. The molecule has 14 heteroatoms. The topological polar surface area (TPSA) is 210 Å². The molecule has 0 aromatic heterocycles. The van der Waals surface area contributed by atoms with Gasteiger partial charge in [0.25, 0.3) is 0 Å². The summed E-state index contributed by atoms with van der Waals surface area (Å²) in [5.41, 5.74) is 0. The van der Waals surface area contributed by atoms with Gasteiger partial charge in [0.2, 0.25) is 17.7 Å². The largest absolute Gasteiger partial charge is 0.480 e. The number of carbonyl (C=O) groups excluding carboxylic acids is 3. The minimum absolute atomic E-state index is 0.428. The van der Waals surface area contributed by atoms with Crippen LogP contribution in [0.4, 0.5) is 0 Å². The highest BCUT2D eigenvalue weighted by atomic mass is 16.4. The smallest absolute Gasteiger partial charge is 0.323 e. The molecule has 0 atom stereocenters. The van der Waals surface area contributed by atoms with Crippen LogP contribution in [0.2, 0.25) is 0 Å². The number of nitrogens with zero attached hydrogens (tertiary/aromatic N) is 3. The molecule has 14 nitrogen and oxygen atoms in total. The maximum Gasteiger partial charge on any atom is 0.323 e. The van der Waals surface area contributed by atoms with Crippen LogP contribution in [0.1, 0.15) is 6.92 Å². The molecule has 0 unspecified atom stereocenters. The average molecular weight is 405 g/mol. The molecular weight excluding hydrogens is 386 g/mol. The fourth-order valence-electron chi connectivity index (χ4n) is 1.92. The number of hydrogen-bond acceptors (Lipinski definition) is 7. The number of aliphatic carboxylic acids is 4. The SMILES string of the molecule is CC(=O)N(CC(=O)N(CC(=O)O)CC(=O)O)CC(=O)N(CC(=O)O)CC(=O)O. The first-order valence-corrected chi connectivity index (χ1v) is 7.51. The number of carboxylic acids is 4. The third-order valence-electron chi connectivity index (χ3n) is 3.11. The van der Waals surface area contributed by atoms with Crippen LogP contribution in [0.15, 0.2) is 0 Å². The molecule has 3 amide bonds. The van der Waals surface area contributed by atoms with E-state index >= 15 is 0 Å². The van der Waals surface area contributed by atoms with Gasteiger partial charge >= 0.3 is 23.9 Å². The van der Waals surface area contributed by atoms with Crippen molar-refractivity contribution in [3.05, 3.63) is 0 Å². The Balaban J connectivity index is 5.29. The second kappa shape index (κ2) is 11.1. The maximum atomic E-state index is 12.1. The van der Waals surface area contributed by atoms with Crippen LogP contribution in [-0.2, 0) is 33.6 Å². The molecule has 0 bridgehead atoms. The quantitative estimate of drug-likeness (QED) is 0.254. The molecule has 0 aromatic carbocycles. The van der Waals surface area contributed by atoms with E-state index in [2.05, 4.69) is 0 Å². The zero-order chi connectivity index (χ0) is 22.0. The average Bonchev–Trinajstić information content (AvgIpc) is 2.50. The molecule has 0 rings (SSSR count). The summed E-state index contributed by atoms with van der Waals surface area (Å²) < 4.78 is 0. The van der Waals surface area contributed by atoms with Gasteiger partial charge in [-0.05, 0) is 0 Å². The normalized spacial score (nSPS) is 9.89. The Morgan fingerprint density at radius 2 is 0.750 bits per heavy atom. The Kier molecular flexibility index (Phi) is 9.63. The van der Waals surface area contributed by atoms with Gasteiger partial charge < -0.3 is 35.1 Å². The zero-order valence-electron chi connectivity index (χ0n) is 14.7. The van der Waals surface area contributed by atoms with Crippen LogP contribution >= 0.6 is 0 Å². The molecule has 0 spiro atoms. The van der Waals surface area contributed by atoms with Gasteiger partial charge in [0, 0.05) is 6.92 Å². The summed E-state index contributed by atoms with van der Waals surface area (Å²) in [6, 6.07) is 0. The second-order valence-corrected chi connectivity index (χ2v) is 5.45. The molecule has 28 heavy (non-hydrogen) atoms. The lowest BCUT2D eigenvalue weighted by Gasteiger charge is -2.27. The summed E-state index contributed by atoms with van der Waals surface area (Å²) in [7, 11) is 0. The van der Waals surface area contributed by atoms with Crippen molar-refractivity contribution < 1.29 is 54.0 Å². The van der Waals surface area contributed by atoms with E-state index in [1.165, 1.54) is 0 Å². The molecule has 4 N–H and O–H groups in total. The van der Waals surface area contributed by atoms with Crippen molar-refractivity contribution in [1.82, 2.24) is 14.7 Å². The van der Waals surface area contributed by atoms with Gasteiger partial charge in [-0.2, -0.15) is 0 Å². The van der Waals surface area contributed by atoms with Crippen molar-refractivity contribution in [3.8, 4) is 0 Å². The van der Waals surface area contributed by atoms with Crippen molar-refractivity contribution in [2.45, 2.75) is 6.92 Å².